The maximum Gasteiger partial charge on any atom is 0.265 e. The average Bonchev–Trinajstić information content (AvgIpc) is 2.72. The molecule has 0 bridgehead atoms. The van der Waals surface area contributed by atoms with Crippen LogP contribution in [0.15, 0.2) is 66.7 Å². The molecule has 0 saturated carbocycles. The summed E-state index contributed by atoms with van der Waals surface area (Å²) < 4.78 is 19.4. The van der Waals surface area contributed by atoms with Gasteiger partial charge in [-0.2, -0.15) is 0 Å². The summed E-state index contributed by atoms with van der Waals surface area (Å²) >= 11 is 11.5. The van der Waals surface area contributed by atoms with Crippen molar-refractivity contribution in [1.82, 2.24) is 0 Å². The van der Waals surface area contributed by atoms with Gasteiger partial charge in [-0.25, -0.2) is 4.39 Å². The van der Waals surface area contributed by atoms with Crippen LogP contribution >= 0.6 is 23.2 Å². The van der Waals surface area contributed by atoms with E-state index in [1.165, 1.54) is 24.3 Å². The zero-order valence-corrected chi connectivity index (χ0v) is 17.3. The third kappa shape index (κ3) is 5.72. The molecule has 5 nitrogen and oxygen atoms in total. The molecule has 0 heterocycles. The average molecular weight is 447 g/mol. The molecule has 3 aromatic carbocycles. The van der Waals surface area contributed by atoms with Crippen LogP contribution in [0.25, 0.3) is 0 Å². The van der Waals surface area contributed by atoms with Gasteiger partial charge in [0, 0.05) is 21.3 Å². The molecule has 0 aromatic heterocycles. The maximum atomic E-state index is 13.8. The summed E-state index contributed by atoms with van der Waals surface area (Å²) in [6.45, 7) is 1.61. The number of benzene rings is 3. The lowest BCUT2D eigenvalue weighted by atomic mass is 10.2. The Bertz CT molecular complexity index is 1060. The second kappa shape index (κ2) is 9.61. The highest BCUT2D eigenvalue weighted by Crippen LogP contribution is 2.21. The summed E-state index contributed by atoms with van der Waals surface area (Å²) in [5.74, 6) is -1.05. The number of amides is 2. The molecule has 0 fully saturated rings. The van der Waals surface area contributed by atoms with Crippen molar-refractivity contribution in [3.8, 4) is 5.75 Å². The normalized spacial score (nSPS) is 11.5. The van der Waals surface area contributed by atoms with Crippen LogP contribution in [0.4, 0.5) is 15.8 Å². The molecular weight excluding hydrogens is 430 g/mol. The Morgan fingerprint density at radius 3 is 2.17 bits per heavy atom. The van der Waals surface area contributed by atoms with Crippen LogP contribution in [0.1, 0.15) is 17.3 Å². The van der Waals surface area contributed by atoms with Gasteiger partial charge in [0.1, 0.15) is 11.6 Å². The number of halogens is 3. The number of rotatable bonds is 6. The van der Waals surface area contributed by atoms with Crippen LogP contribution in [0.2, 0.25) is 10.0 Å². The molecule has 30 heavy (non-hydrogen) atoms. The predicted molar refractivity (Wildman–Crippen MR) is 116 cm³/mol. The highest BCUT2D eigenvalue weighted by molar-refractivity contribution is 6.31. The van der Waals surface area contributed by atoms with Gasteiger partial charge in [-0.3, -0.25) is 9.59 Å². The molecule has 0 radical (unpaired) electrons. The number of hydrogen-bond acceptors (Lipinski definition) is 3. The van der Waals surface area contributed by atoms with Crippen LogP contribution in [0, 0.1) is 5.82 Å². The smallest absolute Gasteiger partial charge is 0.265 e. The van der Waals surface area contributed by atoms with Gasteiger partial charge in [-0.05, 0) is 73.7 Å². The fourth-order valence-corrected chi connectivity index (χ4v) is 2.79. The monoisotopic (exact) mass is 446 g/mol. The zero-order valence-electron chi connectivity index (χ0n) is 15.8. The fraction of sp³-hybridized carbons (Fsp3) is 0.0909. The first-order chi connectivity index (χ1) is 14.3. The molecule has 8 heteroatoms. The molecule has 0 spiro atoms. The Kier molecular flexibility index (Phi) is 6.92. The third-order valence-corrected chi connectivity index (χ3v) is 4.58. The number of anilines is 2. The predicted octanol–water partition coefficient (Wildman–Crippen LogP) is 5.79. The molecule has 0 aliphatic rings. The quantitative estimate of drug-likeness (QED) is 0.503. The molecule has 3 rings (SSSR count). The highest BCUT2D eigenvalue weighted by atomic mass is 35.5. The lowest BCUT2D eigenvalue weighted by molar-refractivity contribution is -0.122. The molecule has 0 aliphatic carbocycles. The van der Waals surface area contributed by atoms with E-state index in [1.54, 1.807) is 43.3 Å². The zero-order chi connectivity index (χ0) is 21.7. The Hall–Kier alpha value is -3.09. The molecule has 154 valence electrons. The van der Waals surface area contributed by atoms with E-state index in [9.17, 15) is 14.0 Å². The van der Waals surface area contributed by atoms with Crippen LogP contribution in [0.3, 0.4) is 0 Å². The van der Waals surface area contributed by atoms with Gasteiger partial charge in [0.25, 0.3) is 11.8 Å². The van der Waals surface area contributed by atoms with Crippen molar-refractivity contribution < 1.29 is 18.7 Å². The van der Waals surface area contributed by atoms with Gasteiger partial charge >= 0.3 is 0 Å². The number of carbonyl (C=O) groups excluding carboxylic acids is 2. The van der Waals surface area contributed by atoms with Crippen LogP contribution in [-0.4, -0.2) is 17.9 Å². The van der Waals surface area contributed by atoms with E-state index < -0.39 is 17.8 Å². The summed E-state index contributed by atoms with van der Waals surface area (Å²) in [7, 11) is 0. The first kappa shape index (κ1) is 21.6. The van der Waals surface area contributed by atoms with E-state index in [-0.39, 0.29) is 16.6 Å². The first-order valence-corrected chi connectivity index (χ1v) is 9.67. The summed E-state index contributed by atoms with van der Waals surface area (Å²) in [4.78, 5) is 24.6. The van der Waals surface area contributed by atoms with Crippen LogP contribution < -0.4 is 15.4 Å². The Balaban J connectivity index is 1.58. The highest BCUT2D eigenvalue weighted by Gasteiger charge is 2.16. The van der Waals surface area contributed by atoms with Gasteiger partial charge in [0.15, 0.2) is 6.10 Å². The topological polar surface area (TPSA) is 67.4 Å². The van der Waals surface area contributed by atoms with Gasteiger partial charge < -0.3 is 15.4 Å². The number of carbonyl (C=O) groups is 2. The molecular formula is C22H17Cl2FN2O3. The van der Waals surface area contributed by atoms with Crippen molar-refractivity contribution in [2.75, 3.05) is 10.6 Å². The van der Waals surface area contributed by atoms with E-state index in [4.69, 9.17) is 27.9 Å². The lowest BCUT2D eigenvalue weighted by Gasteiger charge is -2.15. The molecule has 3 aromatic rings. The van der Waals surface area contributed by atoms with Crippen molar-refractivity contribution in [3.63, 3.8) is 0 Å². The van der Waals surface area contributed by atoms with Crippen molar-refractivity contribution >= 4 is 46.4 Å². The van der Waals surface area contributed by atoms with Crippen molar-refractivity contribution in [1.29, 1.82) is 0 Å². The van der Waals surface area contributed by atoms with Crippen LogP contribution in [0.5, 0.6) is 5.75 Å². The summed E-state index contributed by atoms with van der Waals surface area (Å²) in [6, 6.07) is 16.8. The van der Waals surface area contributed by atoms with Gasteiger partial charge in [0.2, 0.25) is 0 Å². The van der Waals surface area contributed by atoms with Gasteiger partial charge in [-0.15, -0.1) is 0 Å². The first-order valence-electron chi connectivity index (χ1n) is 8.91. The summed E-state index contributed by atoms with van der Waals surface area (Å²) in [5, 5.41) is 6.01. The summed E-state index contributed by atoms with van der Waals surface area (Å²) in [6.07, 6.45) is -0.775. The van der Waals surface area contributed by atoms with E-state index >= 15 is 0 Å². The maximum absolute atomic E-state index is 13.8. The summed E-state index contributed by atoms with van der Waals surface area (Å²) in [5.41, 5.74) is 0.925. The van der Waals surface area contributed by atoms with Crippen molar-refractivity contribution in [2.24, 2.45) is 0 Å². The minimum Gasteiger partial charge on any atom is -0.481 e. The van der Waals surface area contributed by atoms with Gasteiger partial charge in [0.05, 0.1) is 5.69 Å². The SMILES string of the molecule is CC(Oc1ccc(C(=O)Nc2ccc(Cl)cc2F)cc1)C(=O)Nc1ccc(Cl)cc1. The fourth-order valence-electron chi connectivity index (χ4n) is 2.50. The molecule has 1 atom stereocenters. The number of hydrogen-bond donors (Lipinski definition) is 2. The van der Waals surface area contributed by atoms with Gasteiger partial charge in [-0.1, -0.05) is 23.2 Å². The van der Waals surface area contributed by atoms with E-state index in [0.717, 1.165) is 6.07 Å². The molecule has 2 amide bonds. The standard InChI is InChI=1S/C22H17Cl2FN2O3/c1-13(21(28)26-17-7-4-15(23)5-8-17)30-18-9-2-14(3-10-18)22(29)27-20-11-6-16(24)12-19(20)25/h2-13H,1H3,(H,26,28)(H,27,29). The third-order valence-electron chi connectivity index (χ3n) is 4.09. The van der Waals surface area contributed by atoms with Crippen molar-refractivity contribution in [3.05, 3.63) is 88.2 Å². The van der Waals surface area contributed by atoms with E-state index in [0.29, 0.717) is 22.0 Å². The van der Waals surface area contributed by atoms with E-state index in [2.05, 4.69) is 10.6 Å². The second-order valence-corrected chi connectivity index (χ2v) is 7.23. The second-order valence-electron chi connectivity index (χ2n) is 6.36. The Morgan fingerprint density at radius 1 is 0.900 bits per heavy atom. The molecule has 1 unspecified atom stereocenters. The minimum atomic E-state index is -0.775. The minimum absolute atomic E-state index is 0.0252. The lowest BCUT2D eigenvalue weighted by Crippen LogP contribution is -2.30. The largest absolute Gasteiger partial charge is 0.481 e. The molecule has 0 aliphatic heterocycles. The molecule has 0 saturated heterocycles. The Morgan fingerprint density at radius 2 is 1.53 bits per heavy atom. The number of nitrogens with one attached hydrogen (secondary N) is 2. The molecule has 2 N–H and O–H groups in total. The Labute approximate surface area is 182 Å². The van der Waals surface area contributed by atoms with E-state index in [1.807, 2.05) is 0 Å². The van der Waals surface area contributed by atoms with Crippen LogP contribution in [-0.2, 0) is 4.79 Å². The van der Waals surface area contributed by atoms with Crippen molar-refractivity contribution in [2.45, 2.75) is 13.0 Å². The number of ether oxygens (including phenoxy) is 1.